The molecule has 0 radical (unpaired) electrons. The van der Waals surface area contributed by atoms with Crippen molar-refractivity contribution < 1.29 is 38.9 Å². The molecule has 7 N–H and O–H groups in total. The molecule has 4 rings (SSSR count). The number of aryl methyl sites for hydroxylation is 1. The van der Waals surface area contributed by atoms with E-state index < -0.39 is 48.2 Å². The Bertz CT molecular complexity index is 1810. The molecule has 1 aliphatic carbocycles. The van der Waals surface area contributed by atoms with Crippen LogP contribution in [0.4, 0.5) is 5.69 Å². The lowest BCUT2D eigenvalue weighted by Gasteiger charge is -2.30. The van der Waals surface area contributed by atoms with Gasteiger partial charge in [0, 0.05) is 31.2 Å². The van der Waals surface area contributed by atoms with Gasteiger partial charge in [0.15, 0.2) is 0 Å². The summed E-state index contributed by atoms with van der Waals surface area (Å²) in [5.41, 5.74) is 8.20. The number of rotatable bonds is 16. The highest BCUT2D eigenvalue weighted by atomic mass is 16.5. The molecular weight excluding hydrogens is 624 g/mol. The van der Waals surface area contributed by atoms with E-state index in [-0.39, 0.29) is 49.6 Å². The van der Waals surface area contributed by atoms with Crippen LogP contribution in [0.2, 0.25) is 0 Å². The number of nitrogens with one attached hydrogen (secondary N) is 3. The molecule has 2 aromatic carbocycles. The maximum absolute atomic E-state index is 13.0. The van der Waals surface area contributed by atoms with Crippen molar-refractivity contribution >= 4 is 46.3 Å². The number of carboxylic acid groups (broad SMARTS) is 2. The predicted molar refractivity (Wildman–Crippen MR) is 173 cm³/mol. The number of anilines is 1. The van der Waals surface area contributed by atoms with Gasteiger partial charge in [-0.25, -0.2) is 14.6 Å². The minimum absolute atomic E-state index is 0.155. The van der Waals surface area contributed by atoms with Gasteiger partial charge < -0.3 is 41.2 Å². The van der Waals surface area contributed by atoms with Gasteiger partial charge in [-0.05, 0) is 73.2 Å². The van der Waals surface area contributed by atoms with Crippen LogP contribution in [0, 0.1) is 12.3 Å². The topological polar surface area (TPSA) is 234 Å². The lowest BCUT2D eigenvalue weighted by molar-refractivity contribution is -0.143. The van der Waals surface area contributed by atoms with Gasteiger partial charge in [0.1, 0.15) is 24.5 Å². The Hall–Kier alpha value is -5.75. The number of nitrogens with zero attached hydrogens (tertiary/aromatic N) is 2. The van der Waals surface area contributed by atoms with E-state index in [1.807, 2.05) is 17.0 Å². The zero-order valence-corrected chi connectivity index (χ0v) is 26.2. The standard InChI is InChI=1S/C33H36N6O9/c1-3-14-39(26-11-6-19-15-25-22(16-21(19)26)31(43)38-28(35-25)17-48-2)20-7-4-18(5-8-20)30(42)37-24(33(46)47)10-13-29(41)36-23(32(44)45)9-12-27(34)40/h1,4-5,7-8,15-16,23-24,26H,6,9-14,17H2,2H3,(H2,34,40)(H,36,41)(H,37,42)(H,44,45)(H,46,47)(H,35,38,43)/t23-,24+,26?/m1/s1. The van der Waals surface area contributed by atoms with Crippen LogP contribution in [0.25, 0.3) is 10.9 Å². The first-order chi connectivity index (χ1) is 22.9. The molecule has 1 aliphatic rings. The van der Waals surface area contributed by atoms with E-state index in [4.69, 9.17) is 16.9 Å². The fourth-order valence-electron chi connectivity index (χ4n) is 5.67. The van der Waals surface area contributed by atoms with Crippen LogP contribution in [-0.2, 0) is 36.9 Å². The Balaban J connectivity index is 1.44. The fraction of sp³-hybridized carbons (Fsp3) is 0.364. The average Bonchev–Trinajstić information content (AvgIpc) is 3.45. The number of H-pyrrole nitrogens is 1. The molecule has 1 unspecified atom stereocenters. The maximum Gasteiger partial charge on any atom is 0.326 e. The second-order valence-corrected chi connectivity index (χ2v) is 11.3. The number of amides is 3. The minimum atomic E-state index is -1.44. The molecule has 0 saturated heterocycles. The molecule has 0 bridgehead atoms. The Morgan fingerprint density at radius 3 is 2.38 bits per heavy atom. The van der Waals surface area contributed by atoms with Crippen molar-refractivity contribution in [3.05, 3.63) is 69.3 Å². The van der Waals surface area contributed by atoms with Crippen molar-refractivity contribution in [1.82, 2.24) is 20.6 Å². The van der Waals surface area contributed by atoms with E-state index in [0.29, 0.717) is 22.4 Å². The van der Waals surface area contributed by atoms with E-state index in [0.717, 1.165) is 24.0 Å². The number of carbonyl (C=O) groups is 5. The third-order valence-corrected chi connectivity index (χ3v) is 8.02. The SMILES string of the molecule is C#CCN(c1ccc(C(=O)N[C@@H](CCC(=O)N[C@H](CCC(N)=O)C(=O)O)C(=O)O)cc1)C1CCc2cc3nc(COC)[nH]c(=O)c3cc21. The first kappa shape index (κ1) is 35.1. The van der Waals surface area contributed by atoms with E-state index in [1.54, 1.807) is 12.1 Å². The second kappa shape index (κ2) is 15.7. The monoisotopic (exact) mass is 660 g/mol. The number of carbonyl (C=O) groups excluding carboxylic acids is 3. The lowest BCUT2D eigenvalue weighted by atomic mass is 10.0. The molecule has 0 saturated carbocycles. The smallest absolute Gasteiger partial charge is 0.326 e. The summed E-state index contributed by atoms with van der Waals surface area (Å²) in [6, 6.07) is 7.22. The van der Waals surface area contributed by atoms with E-state index in [9.17, 15) is 39.0 Å². The number of terminal acetylenes is 1. The van der Waals surface area contributed by atoms with Crippen LogP contribution in [0.3, 0.4) is 0 Å². The molecular formula is C33H36N6O9. The zero-order valence-electron chi connectivity index (χ0n) is 26.2. The zero-order chi connectivity index (χ0) is 35.0. The largest absolute Gasteiger partial charge is 0.480 e. The number of aromatic nitrogens is 2. The number of hydrogen-bond acceptors (Lipinski definition) is 9. The number of benzene rings is 2. The van der Waals surface area contributed by atoms with Crippen LogP contribution in [0.15, 0.2) is 41.2 Å². The van der Waals surface area contributed by atoms with Crippen molar-refractivity contribution in [3.63, 3.8) is 0 Å². The number of nitrogens with two attached hydrogens (primary N) is 1. The van der Waals surface area contributed by atoms with Gasteiger partial charge in [-0.2, -0.15) is 0 Å². The number of aromatic amines is 1. The molecule has 1 aromatic heterocycles. The molecule has 0 spiro atoms. The van der Waals surface area contributed by atoms with E-state index >= 15 is 0 Å². The highest BCUT2D eigenvalue weighted by molar-refractivity contribution is 5.97. The number of methoxy groups -OCH3 is 1. The summed E-state index contributed by atoms with van der Waals surface area (Å²) in [4.78, 5) is 81.6. The fourth-order valence-corrected chi connectivity index (χ4v) is 5.67. The summed E-state index contributed by atoms with van der Waals surface area (Å²) < 4.78 is 5.10. The summed E-state index contributed by atoms with van der Waals surface area (Å²) >= 11 is 0. The molecule has 3 atom stereocenters. The number of primary amides is 1. The Kier molecular flexibility index (Phi) is 11.5. The summed E-state index contributed by atoms with van der Waals surface area (Å²) in [7, 11) is 1.52. The summed E-state index contributed by atoms with van der Waals surface area (Å²) in [5, 5.41) is 24.0. The summed E-state index contributed by atoms with van der Waals surface area (Å²) in [5.74, 6) is -1.83. The van der Waals surface area contributed by atoms with Gasteiger partial charge in [-0.15, -0.1) is 6.42 Å². The summed E-state index contributed by atoms with van der Waals surface area (Å²) in [6.45, 7) is 0.419. The number of aliphatic carboxylic acids is 2. The Morgan fingerprint density at radius 2 is 1.75 bits per heavy atom. The molecule has 15 heteroatoms. The molecule has 1 heterocycles. The van der Waals surface area contributed by atoms with Gasteiger partial charge in [-0.3, -0.25) is 19.2 Å². The van der Waals surface area contributed by atoms with E-state index in [1.165, 1.54) is 19.2 Å². The quantitative estimate of drug-likeness (QED) is 0.119. The van der Waals surface area contributed by atoms with Gasteiger partial charge in [-0.1, -0.05) is 5.92 Å². The molecule has 252 valence electrons. The van der Waals surface area contributed by atoms with Crippen LogP contribution >= 0.6 is 0 Å². The highest BCUT2D eigenvalue weighted by Gasteiger charge is 2.30. The maximum atomic E-state index is 13.0. The summed E-state index contributed by atoms with van der Waals surface area (Å²) in [6.07, 6.45) is 6.01. The molecule has 3 aromatic rings. The highest BCUT2D eigenvalue weighted by Crippen LogP contribution is 2.39. The van der Waals surface area contributed by atoms with Crippen molar-refractivity contribution in [1.29, 1.82) is 0 Å². The Morgan fingerprint density at radius 1 is 1.08 bits per heavy atom. The number of hydrogen-bond donors (Lipinski definition) is 6. The van der Waals surface area contributed by atoms with Crippen molar-refractivity contribution in [2.45, 2.75) is 63.3 Å². The molecule has 0 fully saturated rings. The number of ether oxygens (including phenoxy) is 1. The Labute approximate surface area is 274 Å². The normalized spacial score (nSPS) is 14.7. The van der Waals surface area contributed by atoms with Crippen LogP contribution in [0.5, 0.6) is 0 Å². The predicted octanol–water partition coefficient (Wildman–Crippen LogP) is 0.995. The van der Waals surface area contributed by atoms with Crippen LogP contribution in [0.1, 0.15) is 65.5 Å². The minimum Gasteiger partial charge on any atom is -0.480 e. The van der Waals surface area contributed by atoms with Crippen molar-refractivity contribution in [3.8, 4) is 12.3 Å². The molecule has 0 aliphatic heterocycles. The van der Waals surface area contributed by atoms with Gasteiger partial charge in [0.05, 0.1) is 23.5 Å². The number of carboxylic acids is 2. The van der Waals surface area contributed by atoms with Crippen LogP contribution < -0.4 is 26.8 Å². The van der Waals surface area contributed by atoms with Crippen LogP contribution in [-0.4, -0.2) is 75.6 Å². The van der Waals surface area contributed by atoms with Gasteiger partial charge >= 0.3 is 11.9 Å². The lowest BCUT2D eigenvalue weighted by Crippen LogP contribution is -2.44. The van der Waals surface area contributed by atoms with Crippen molar-refractivity contribution in [2.24, 2.45) is 5.73 Å². The number of fused-ring (bicyclic) bond motifs is 2. The molecule has 15 nitrogen and oxygen atoms in total. The first-order valence-corrected chi connectivity index (χ1v) is 15.1. The van der Waals surface area contributed by atoms with E-state index in [2.05, 4.69) is 26.5 Å². The van der Waals surface area contributed by atoms with Gasteiger partial charge in [0.25, 0.3) is 11.5 Å². The third-order valence-electron chi connectivity index (χ3n) is 8.02. The second-order valence-electron chi connectivity index (χ2n) is 11.3. The van der Waals surface area contributed by atoms with Crippen molar-refractivity contribution in [2.75, 3.05) is 18.6 Å². The first-order valence-electron chi connectivity index (χ1n) is 15.1. The molecule has 3 amide bonds. The average molecular weight is 661 g/mol. The molecule has 48 heavy (non-hydrogen) atoms. The van der Waals surface area contributed by atoms with Gasteiger partial charge in [0.2, 0.25) is 11.8 Å². The third kappa shape index (κ3) is 8.53.